The first-order valence-corrected chi connectivity index (χ1v) is 10.8. The van der Waals surface area contributed by atoms with Crippen molar-refractivity contribution in [3.63, 3.8) is 0 Å². The Kier molecular flexibility index (Phi) is 8.25. The van der Waals surface area contributed by atoms with E-state index in [-0.39, 0.29) is 0 Å². The highest BCUT2D eigenvalue weighted by molar-refractivity contribution is 6.14. The van der Waals surface area contributed by atoms with E-state index in [1.54, 1.807) is 14.0 Å². The van der Waals surface area contributed by atoms with Gasteiger partial charge in [0.25, 0.3) is 0 Å². The molecule has 0 fully saturated rings. The Bertz CT molecular complexity index is 1270. The molecule has 0 saturated heterocycles. The molecule has 10 heteroatoms. The molecule has 0 bridgehead atoms. The van der Waals surface area contributed by atoms with Crippen LogP contribution in [0.2, 0.25) is 0 Å². The number of halogens is 6. The van der Waals surface area contributed by atoms with Gasteiger partial charge in [0.15, 0.2) is 0 Å². The van der Waals surface area contributed by atoms with E-state index in [0.29, 0.717) is 17.7 Å². The molecule has 36 heavy (non-hydrogen) atoms. The number of rotatable bonds is 4. The third kappa shape index (κ3) is 6.78. The number of nitriles is 1. The van der Waals surface area contributed by atoms with Crippen LogP contribution in [0.15, 0.2) is 91.3 Å². The van der Waals surface area contributed by atoms with Crippen LogP contribution in [-0.2, 0) is 18.9 Å². The summed E-state index contributed by atoms with van der Waals surface area (Å²) >= 11 is 0. The number of hydrogen-bond donors (Lipinski definition) is 0. The molecule has 1 aromatic heterocycles. The summed E-state index contributed by atoms with van der Waals surface area (Å²) in [5.74, 6) is 0.261. The van der Waals surface area contributed by atoms with Gasteiger partial charge in [0.2, 0.25) is 0 Å². The van der Waals surface area contributed by atoms with Gasteiger partial charge in [0.05, 0.1) is 17.2 Å². The van der Waals surface area contributed by atoms with Crippen LogP contribution in [0, 0.1) is 11.3 Å². The number of imidazole rings is 1. The van der Waals surface area contributed by atoms with Gasteiger partial charge in [0.1, 0.15) is 20.2 Å². The molecule has 0 spiro atoms. The first-order chi connectivity index (χ1) is 17.0. The first kappa shape index (κ1) is 26.6. The van der Waals surface area contributed by atoms with Crippen molar-refractivity contribution in [1.29, 1.82) is 5.26 Å². The minimum Gasteiger partial charge on any atom is -0.317 e. The number of aromatic nitrogens is 2. The molecule has 1 heterocycles. The quantitative estimate of drug-likeness (QED) is 0.237. The van der Waals surface area contributed by atoms with Crippen molar-refractivity contribution in [2.45, 2.75) is 24.7 Å². The Morgan fingerprint density at radius 2 is 1.33 bits per heavy atom. The fraction of sp³-hybridized carbons (Fsp3) is 0.154. The van der Waals surface area contributed by atoms with Gasteiger partial charge in [0, 0.05) is 18.0 Å². The van der Waals surface area contributed by atoms with Crippen molar-refractivity contribution < 1.29 is 26.3 Å². The molecule has 4 rings (SSSR count). The molecule has 4 aromatic rings. The average molecular weight is 499 g/mol. The molecule has 0 aliphatic heterocycles. The fourth-order valence-corrected chi connectivity index (χ4v) is 3.52. The molecule has 0 aliphatic rings. The van der Waals surface area contributed by atoms with Gasteiger partial charge in [-0.25, -0.2) is 4.98 Å². The lowest BCUT2D eigenvalue weighted by Crippen LogP contribution is -2.09. The second kappa shape index (κ2) is 11.2. The fourth-order valence-electron chi connectivity index (χ4n) is 3.52. The second-order valence-electron chi connectivity index (χ2n) is 7.87. The van der Waals surface area contributed by atoms with E-state index in [1.165, 1.54) is 24.3 Å². The van der Waals surface area contributed by atoms with Gasteiger partial charge in [-0.1, -0.05) is 66.7 Å². The molecule has 0 radical (unpaired) electrons. The molecule has 0 amide bonds. The van der Waals surface area contributed by atoms with Gasteiger partial charge < -0.3 is 4.57 Å². The van der Waals surface area contributed by atoms with Crippen LogP contribution >= 0.6 is 0 Å². The summed E-state index contributed by atoms with van der Waals surface area (Å²) in [5.41, 5.74) is 0.0312. The summed E-state index contributed by atoms with van der Waals surface area (Å²) in [6.07, 6.45) is -5.45. The monoisotopic (exact) mass is 499 g/mol. The van der Waals surface area contributed by atoms with E-state index >= 15 is 0 Å². The largest absolute Gasteiger partial charge is 0.416 e. The summed E-state index contributed by atoms with van der Waals surface area (Å²) in [5, 5.41) is 8.61. The summed E-state index contributed by atoms with van der Waals surface area (Å²) in [6.45, 7) is 0.338. The molecular formula is C26H20BF6N3. The van der Waals surface area contributed by atoms with Crippen LogP contribution in [0.1, 0.15) is 28.1 Å². The van der Waals surface area contributed by atoms with Crippen molar-refractivity contribution in [2.24, 2.45) is 0 Å². The highest BCUT2D eigenvalue weighted by atomic mass is 19.4. The lowest BCUT2D eigenvalue weighted by atomic mass is 9.75. The van der Waals surface area contributed by atoms with Gasteiger partial charge in [-0.15, -0.1) is 0 Å². The second-order valence-corrected chi connectivity index (χ2v) is 7.87. The summed E-state index contributed by atoms with van der Waals surface area (Å²) in [7, 11) is 1.57. The van der Waals surface area contributed by atoms with E-state index in [0.717, 1.165) is 35.7 Å². The Balaban J connectivity index is 0.000000221. The van der Waals surface area contributed by atoms with Crippen LogP contribution < -0.4 is 0 Å². The maximum absolute atomic E-state index is 12.7. The van der Waals surface area contributed by atoms with Crippen molar-refractivity contribution in [3.05, 3.63) is 114 Å². The lowest BCUT2D eigenvalue weighted by Gasteiger charge is -2.16. The Morgan fingerprint density at radius 1 is 0.806 bits per heavy atom. The maximum Gasteiger partial charge on any atom is 0.416 e. The lowest BCUT2D eigenvalue weighted by molar-refractivity contribution is -0.138. The van der Waals surface area contributed by atoms with Crippen LogP contribution in [-0.4, -0.2) is 17.4 Å². The van der Waals surface area contributed by atoms with Crippen molar-refractivity contribution in [3.8, 4) is 17.5 Å². The van der Waals surface area contributed by atoms with E-state index in [4.69, 9.17) is 5.26 Å². The number of nitrogens with zero attached hydrogens (tertiary/aromatic N) is 3. The van der Waals surface area contributed by atoms with Gasteiger partial charge in [-0.3, -0.25) is 0 Å². The predicted octanol–water partition coefficient (Wildman–Crippen LogP) is 6.52. The highest BCUT2D eigenvalue weighted by Crippen LogP contribution is 2.34. The third-order valence-electron chi connectivity index (χ3n) is 5.42. The van der Waals surface area contributed by atoms with Gasteiger partial charge in [-0.2, -0.15) is 31.6 Å². The molecule has 3 nitrogen and oxygen atoms in total. The number of benzene rings is 3. The van der Waals surface area contributed by atoms with E-state index in [9.17, 15) is 26.3 Å². The Hall–Kier alpha value is -4.00. The molecule has 0 unspecified atom stereocenters. The van der Waals surface area contributed by atoms with E-state index < -0.39 is 29.3 Å². The minimum absolute atomic E-state index is 0.314. The molecular weight excluding hydrogens is 479 g/mol. The van der Waals surface area contributed by atoms with Crippen LogP contribution in [0.3, 0.4) is 0 Å². The van der Waals surface area contributed by atoms with Crippen LogP contribution in [0.25, 0.3) is 11.4 Å². The maximum atomic E-state index is 12.7. The van der Waals surface area contributed by atoms with E-state index in [2.05, 4.69) is 11.1 Å². The van der Waals surface area contributed by atoms with Crippen LogP contribution in [0.5, 0.6) is 0 Å². The minimum atomic E-state index is -4.48. The van der Waals surface area contributed by atoms with Gasteiger partial charge in [-0.05, 0) is 29.1 Å². The van der Waals surface area contributed by atoms with Crippen molar-refractivity contribution in [1.82, 2.24) is 9.55 Å². The Labute approximate surface area is 205 Å². The van der Waals surface area contributed by atoms with Crippen molar-refractivity contribution >= 4 is 7.85 Å². The van der Waals surface area contributed by atoms with Gasteiger partial charge >= 0.3 is 12.4 Å². The smallest absolute Gasteiger partial charge is 0.317 e. The normalized spacial score (nSPS) is 11.5. The first-order valence-electron chi connectivity index (χ1n) is 10.8. The summed E-state index contributed by atoms with van der Waals surface area (Å²) < 4.78 is 78.1. The molecule has 0 saturated carbocycles. The summed E-state index contributed by atoms with van der Waals surface area (Å²) in [6, 6.07) is 21.2. The highest BCUT2D eigenvalue weighted by Gasteiger charge is 2.32. The van der Waals surface area contributed by atoms with Crippen molar-refractivity contribution in [2.75, 3.05) is 0 Å². The summed E-state index contributed by atoms with van der Waals surface area (Å²) in [4.78, 5) is 4.22. The average Bonchev–Trinajstić information content (AvgIpc) is 3.32. The standard InChI is InChI=1S/C15H11BF6.C11H9N3/c16-13(9-3-1-5-11(7-9)14(17,18)19)10-4-2-6-12(8-10)15(20,21)22;12-6-8-14-9-7-13-11(14)10-4-2-1-3-5-10/h1-8,13H,16H2;1-5,7,9H,8H2. The third-order valence-corrected chi connectivity index (χ3v) is 5.42. The Morgan fingerprint density at radius 3 is 1.81 bits per heavy atom. The topological polar surface area (TPSA) is 41.6 Å². The van der Waals surface area contributed by atoms with E-state index in [1.807, 2.05) is 41.1 Å². The molecule has 0 N–H and O–H groups in total. The SMILES string of the molecule is BC(c1cccc(C(F)(F)F)c1)c1cccc(C(F)(F)F)c1.N#CCn1ccnc1-c1ccccc1. The predicted molar refractivity (Wildman–Crippen MR) is 127 cm³/mol. The zero-order valence-electron chi connectivity index (χ0n) is 19.1. The number of hydrogen-bond acceptors (Lipinski definition) is 2. The molecule has 3 aromatic carbocycles. The molecule has 0 aliphatic carbocycles. The zero-order valence-corrected chi connectivity index (χ0v) is 19.1. The molecule has 184 valence electrons. The van der Waals surface area contributed by atoms with Crippen LogP contribution in [0.4, 0.5) is 26.3 Å². The number of alkyl halides is 6. The molecule has 0 atom stereocenters. The zero-order chi connectivity index (χ0) is 26.3.